The number of carboxylic acids is 1. The molecule has 0 bridgehead atoms. The Morgan fingerprint density at radius 1 is 1.88 bits per heavy atom. The van der Waals surface area contributed by atoms with Crippen molar-refractivity contribution >= 4 is 27.4 Å². The molecular weight excluding hydrogens is 234 g/mol. The first-order chi connectivity index (χ1) is 7.54. The minimum Gasteiger partial charge on any atom is -0.480 e. The number of hydrogen-bond acceptors (Lipinski definition) is 6. The summed E-state index contributed by atoms with van der Waals surface area (Å²) in [5, 5.41) is 21.6. The minimum absolute atomic E-state index is 0.0251. The van der Waals surface area contributed by atoms with Crippen LogP contribution in [0.5, 0.6) is 0 Å². The Labute approximate surface area is 94.3 Å². The Morgan fingerprint density at radius 3 is 3.00 bits per heavy atom. The number of rotatable bonds is 5. The van der Waals surface area contributed by atoms with Gasteiger partial charge in [0, 0.05) is 6.42 Å². The monoisotopic (exact) mass is 241 g/mol. The summed E-state index contributed by atoms with van der Waals surface area (Å²) in [7, 11) is 0. The summed E-state index contributed by atoms with van der Waals surface area (Å²) in [6, 6.07) is -0.990. The molecule has 0 fully saturated rings. The number of nitro groups is 1. The number of anilines is 1. The second-order valence-electron chi connectivity index (χ2n) is 2.70. The lowest BCUT2D eigenvalue weighted by Gasteiger charge is -2.09. The Morgan fingerprint density at radius 2 is 2.56 bits per heavy atom. The highest BCUT2D eigenvalue weighted by Gasteiger charge is 2.19. The lowest BCUT2D eigenvalue weighted by Crippen LogP contribution is -2.28. The second-order valence-corrected chi connectivity index (χ2v) is 3.71. The topological polar surface area (TPSA) is 105 Å². The van der Waals surface area contributed by atoms with Crippen molar-refractivity contribution in [1.29, 1.82) is 0 Å². The van der Waals surface area contributed by atoms with E-state index >= 15 is 0 Å². The molecule has 0 saturated carbocycles. The van der Waals surface area contributed by atoms with Crippen LogP contribution in [0, 0.1) is 22.5 Å². The largest absolute Gasteiger partial charge is 0.480 e. The molecule has 16 heavy (non-hydrogen) atoms. The average molecular weight is 241 g/mol. The molecule has 1 aromatic heterocycles. The van der Waals surface area contributed by atoms with Gasteiger partial charge in [0.05, 0.1) is 4.92 Å². The van der Waals surface area contributed by atoms with E-state index in [1.54, 1.807) is 0 Å². The molecule has 1 rings (SSSR count). The van der Waals surface area contributed by atoms with Crippen LogP contribution in [0.2, 0.25) is 0 Å². The third-order valence-corrected chi connectivity index (χ3v) is 2.47. The van der Waals surface area contributed by atoms with Gasteiger partial charge < -0.3 is 10.4 Å². The highest BCUT2D eigenvalue weighted by atomic mass is 32.1. The van der Waals surface area contributed by atoms with Crippen LogP contribution >= 0.6 is 11.3 Å². The number of aromatic nitrogens is 1. The molecule has 7 nitrogen and oxygen atoms in total. The number of nitrogens with one attached hydrogen (secondary N) is 1. The summed E-state index contributed by atoms with van der Waals surface area (Å²) < 4.78 is 0. The number of carbonyl (C=O) groups is 1. The van der Waals surface area contributed by atoms with E-state index in [0.29, 0.717) is 0 Å². The first-order valence-corrected chi connectivity index (χ1v) is 4.89. The van der Waals surface area contributed by atoms with E-state index in [1.807, 2.05) is 0 Å². The van der Waals surface area contributed by atoms with Crippen molar-refractivity contribution in [2.24, 2.45) is 0 Å². The summed E-state index contributed by atoms with van der Waals surface area (Å²) in [6.45, 7) is 0. The molecule has 2 N–H and O–H groups in total. The fraction of sp³-hybridized carbons (Fsp3) is 0.250. The summed E-state index contributed by atoms with van der Waals surface area (Å²) >= 11 is 0.759. The van der Waals surface area contributed by atoms with E-state index < -0.39 is 16.9 Å². The molecule has 0 aliphatic heterocycles. The van der Waals surface area contributed by atoms with Crippen molar-refractivity contribution in [1.82, 2.24) is 4.98 Å². The van der Waals surface area contributed by atoms with Gasteiger partial charge in [0.2, 0.25) is 0 Å². The number of nitrogens with zero attached hydrogens (tertiary/aromatic N) is 2. The van der Waals surface area contributed by atoms with Gasteiger partial charge in [0.1, 0.15) is 12.2 Å². The van der Waals surface area contributed by atoms with Crippen LogP contribution in [0.15, 0.2) is 6.20 Å². The van der Waals surface area contributed by atoms with Gasteiger partial charge in [-0.2, -0.15) is 0 Å². The van der Waals surface area contributed by atoms with Gasteiger partial charge in [-0.25, -0.2) is 9.78 Å². The van der Waals surface area contributed by atoms with Crippen LogP contribution in [0.1, 0.15) is 6.42 Å². The zero-order valence-corrected chi connectivity index (χ0v) is 8.73. The van der Waals surface area contributed by atoms with E-state index in [4.69, 9.17) is 11.5 Å². The van der Waals surface area contributed by atoms with Crippen molar-refractivity contribution in [2.75, 3.05) is 5.32 Å². The fourth-order valence-corrected chi connectivity index (χ4v) is 1.57. The molecule has 0 spiro atoms. The van der Waals surface area contributed by atoms with Crippen LogP contribution < -0.4 is 5.32 Å². The molecule has 8 heteroatoms. The molecule has 0 aliphatic carbocycles. The predicted octanol–water partition coefficient (Wildman–Crippen LogP) is 0.940. The van der Waals surface area contributed by atoms with E-state index in [1.165, 1.54) is 0 Å². The maximum Gasteiger partial charge on any atom is 0.345 e. The normalized spacial score (nSPS) is 11.4. The van der Waals surface area contributed by atoms with E-state index in [0.717, 1.165) is 17.5 Å². The average Bonchev–Trinajstić information content (AvgIpc) is 2.65. The third kappa shape index (κ3) is 2.93. The van der Waals surface area contributed by atoms with Crippen molar-refractivity contribution < 1.29 is 14.8 Å². The van der Waals surface area contributed by atoms with Gasteiger partial charge in [-0.3, -0.25) is 10.1 Å². The van der Waals surface area contributed by atoms with Crippen molar-refractivity contribution in [3.05, 3.63) is 16.3 Å². The molecule has 1 atom stereocenters. The summed E-state index contributed by atoms with van der Waals surface area (Å²) in [5.74, 6) is 1.07. The SMILES string of the molecule is C#CCC(Nc1ncc([N+](=O)[O-])s1)C(=O)O. The molecule has 0 radical (unpaired) electrons. The maximum atomic E-state index is 10.7. The Hall–Kier alpha value is -2.14. The summed E-state index contributed by atoms with van der Waals surface area (Å²) in [6.07, 6.45) is 6.03. The lowest BCUT2D eigenvalue weighted by molar-refractivity contribution is -0.380. The molecule has 0 aliphatic rings. The highest BCUT2D eigenvalue weighted by molar-refractivity contribution is 7.18. The quantitative estimate of drug-likeness (QED) is 0.451. The number of terminal acetylenes is 1. The molecule has 0 saturated heterocycles. The number of thiazole rings is 1. The first-order valence-electron chi connectivity index (χ1n) is 4.07. The number of carboxylic acid groups (broad SMARTS) is 1. The van der Waals surface area contributed by atoms with Crippen LogP contribution in [0.3, 0.4) is 0 Å². The molecule has 1 aromatic rings. The van der Waals surface area contributed by atoms with E-state index in [2.05, 4.69) is 16.2 Å². The smallest absolute Gasteiger partial charge is 0.345 e. The molecule has 84 valence electrons. The van der Waals surface area contributed by atoms with Crippen molar-refractivity contribution in [2.45, 2.75) is 12.5 Å². The first kappa shape index (κ1) is 11.9. The lowest BCUT2D eigenvalue weighted by atomic mass is 10.2. The minimum atomic E-state index is -1.13. The fourth-order valence-electron chi connectivity index (χ4n) is 0.884. The van der Waals surface area contributed by atoms with Crippen LogP contribution in [-0.4, -0.2) is 27.0 Å². The molecule has 1 unspecified atom stereocenters. The number of hydrogen-bond donors (Lipinski definition) is 2. The van der Waals surface area contributed by atoms with Crippen molar-refractivity contribution in [3.8, 4) is 12.3 Å². The standard InChI is InChI=1S/C8H7N3O4S/c1-2-3-5(7(12)13)10-8-9-4-6(16-8)11(14)15/h1,4-5H,3H2,(H,9,10)(H,12,13). The van der Waals surface area contributed by atoms with Gasteiger partial charge in [0.15, 0.2) is 5.13 Å². The Bertz CT molecular complexity index is 450. The Balaban J connectivity index is 2.74. The molecule has 0 aromatic carbocycles. The van der Waals surface area contributed by atoms with Crippen LogP contribution in [-0.2, 0) is 4.79 Å². The molecular formula is C8H7N3O4S. The zero-order valence-electron chi connectivity index (χ0n) is 7.91. The Kier molecular flexibility index (Phi) is 3.79. The van der Waals surface area contributed by atoms with Crippen LogP contribution in [0.4, 0.5) is 10.1 Å². The van der Waals surface area contributed by atoms with E-state index in [9.17, 15) is 14.9 Å². The number of aliphatic carboxylic acids is 1. The van der Waals surface area contributed by atoms with Gasteiger partial charge in [-0.15, -0.1) is 12.3 Å². The van der Waals surface area contributed by atoms with Gasteiger partial charge in [0.25, 0.3) is 0 Å². The highest BCUT2D eigenvalue weighted by Crippen LogP contribution is 2.25. The van der Waals surface area contributed by atoms with Gasteiger partial charge in [-0.05, 0) is 11.3 Å². The second kappa shape index (κ2) is 5.09. The van der Waals surface area contributed by atoms with Gasteiger partial charge in [-0.1, -0.05) is 0 Å². The van der Waals surface area contributed by atoms with Crippen molar-refractivity contribution in [3.63, 3.8) is 0 Å². The van der Waals surface area contributed by atoms with Crippen LogP contribution in [0.25, 0.3) is 0 Å². The third-order valence-electron chi connectivity index (χ3n) is 1.59. The summed E-state index contributed by atoms with van der Waals surface area (Å²) in [4.78, 5) is 24.2. The molecule has 0 amide bonds. The van der Waals surface area contributed by atoms with E-state index in [-0.39, 0.29) is 16.6 Å². The van der Waals surface area contributed by atoms with Gasteiger partial charge >= 0.3 is 11.0 Å². The zero-order chi connectivity index (χ0) is 12.1. The summed E-state index contributed by atoms with van der Waals surface area (Å²) in [5.41, 5.74) is 0. The predicted molar refractivity (Wildman–Crippen MR) is 57.3 cm³/mol. The maximum absolute atomic E-state index is 10.7. The molecule has 1 heterocycles.